The third-order valence-corrected chi connectivity index (χ3v) is 2.99. The van der Waals surface area contributed by atoms with Crippen molar-refractivity contribution in [3.8, 4) is 10.4 Å². The predicted molar refractivity (Wildman–Crippen MR) is 59.6 cm³/mol. The Morgan fingerprint density at radius 2 is 1.71 bits per heavy atom. The van der Waals surface area contributed by atoms with Crippen molar-refractivity contribution in [1.29, 1.82) is 0 Å². The first kappa shape index (κ1) is 9.46. The summed E-state index contributed by atoms with van der Waals surface area (Å²) in [5.41, 5.74) is 1.59. The van der Waals surface area contributed by atoms with Gasteiger partial charge in [-0.05, 0) is 10.9 Å². The molecule has 2 aromatic rings. The second-order valence-electron chi connectivity index (χ2n) is 2.94. The van der Waals surface area contributed by atoms with Gasteiger partial charge in [0, 0.05) is 10.3 Å². The molecule has 0 radical (unpaired) electrons. The van der Waals surface area contributed by atoms with Gasteiger partial charge in [-0.15, -0.1) is 11.3 Å². The average Bonchev–Trinajstić information content (AvgIpc) is 2.67. The minimum absolute atomic E-state index is 0.571. The van der Waals surface area contributed by atoms with Gasteiger partial charge in [0.1, 0.15) is 0 Å². The molecule has 70 valence electrons. The summed E-state index contributed by atoms with van der Waals surface area (Å²) >= 11 is 1.51. The molecule has 0 aliphatic heterocycles. The van der Waals surface area contributed by atoms with Crippen LogP contribution in [-0.2, 0) is 0 Å². The highest BCUT2D eigenvalue weighted by molar-refractivity contribution is 7.15. The van der Waals surface area contributed by atoms with Crippen molar-refractivity contribution in [3.05, 3.63) is 41.8 Å². The van der Waals surface area contributed by atoms with E-state index in [2.05, 4.69) is 0 Å². The van der Waals surface area contributed by atoms with Gasteiger partial charge >= 0.3 is 7.12 Å². The maximum Gasteiger partial charge on any atom is 0.489 e. The summed E-state index contributed by atoms with van der Waals surface area (Å²) in [6.45, 7) is 0. The van der Waals surface area contributed by atoms with Crippen LogP contribution in [0.1, 0.15) is 0 Å². The molecule has 2 rings (SSSR count). The molecule has 2 nitrogen and oxygen atoms in total. The van der Waals surface area contributed by atoms with Crippen LogP contribution in [0.15, 0.2) is 41.8 Å². The molecule has 1 aromatic heterocycles. The fourth-order valence-electron chi connectivity index (χ4n) is 1.35. The second kappa shape index (κ2) is 3.96. The maximum absolute atomic E-state index is 9.12. The Balaban J connectivity index is 2.47. The fraction of sp³-hybridized carbons (Fsp3) is 0. The summed E-state index contributed by atoms with van der Waals surface area (Å²) in [5, 5.41) is 20.1. The van der Waals surface area contributed by atoms with Crippen molar-refractivity contribution in [1.82, 2.24) is 0 Å². The molecule has 0 bridgehead atoms. The van der Waals surface area contributed by atoms with Crippen LogP contribution < -0.4 is 5.46 Å². The van der Waals surface area contributed by atoms with E-state index in [0.717, 1.165) is 10.4 Å². The molecule has 0 spiro atoms. The van der Waals surface area contributed by atoms with Gasteiger partial charge in [-0.1, -0.05) is 36.4 Å². The Morgan fingerprint density at radius 3 is 2.36 bits per heavy atom. The summed E-state index contributed by atoms with van der Waals surface area (Å²) < 4.78 is 0. The first-order chi connectivity index (χ1) is 6.79. The van der Waals surface area contributed by atoms with Gasteiger partial charge in [-0.2, -0.15) is 0 Å². The monoisotopic (exact) mass is 204 g/mol. The van der Waals surface area contributed by atoms with Crippen molar-refractivity contribution >= 4 is 23.9 Å². The van der Waals surface area contributed by atoms with Gasteiger partial charge in [0.25, 0.3) is 0 Å². The average molecular weight is 204 g/mol. The largest absolute Gasteiger partial charge is 0.489 e. The summed E-state index contributed by atoms with van der Waals surface area (Å²) in [7, 11) is -1.39. The molecule has 2 N–H and O–H groups in total. The lowest BCUT2D eigenvalue weighted by Crippen LogP contribution is -2.29. The van der Waals surface area contributed by atoms with E-state index in [9.17, 15) is 0 Å². The van der Waals surface area contributed by atoms with Gasteiger partial charge < -0.3 is 10.0 Å². The first-order valence-corrected chi connectivity index (χ1v) is 5.16. The molecular formula is C10H9BO2S. The Kier molecular flexibility index (Phi) is 2.68. The molecule has 0 atom stereocenters. The Hall–Kier alpha value is -1.10. The van der Waals surface area contributed by atoms with Crippen molar-refractivity contribution in [2.24, 2.45) is 0 Å². The lowest BCUT2D eigenvalue weighted by molar-refractivity contribution is 0.426. The van der Waals surface area contributed by atoms with Crippen LogP contribution in [0.5, 0.6) is 0 Å². The molecule has 14 heavy (non-hydrogen) atoms. The molecule has 0 unspecified atom stereocenters. The molecule has 0 amide bonds. The van der Waals surface area contributed by atoms with E-state index in [1.807, 2.05) is 35.7 Å². The molecule has 0 fully saturated rings. The van der Waals surface area contributed by atoms with Crippen LogP contribution >= 0.6 is 11.3 Å². The van der Waals surface area contributed by atoms with E-state index in [1.165, 1.54) is 11.3 Å². The van der Waals surface area contributed by atoms with Crippen molar-refractivity contribution < 1.29 is 10.0 Å². The van der Waals surface area contributed by atoms with Crippen LogP contribution in [0.25, 0.3) is 10.4 Å². The molecule has 1 heterocycles. The molecule has 0 saturated heterocycles. The molecular weight excluding hydrogens is 195 g/mol. The number of benzene rings is 1. The van der Waals surface area contributed by atoms with E-state index in [0.29, 0.717) is 5.46 Å². The van der Waals surface area contributed by atoms with Gasteiger partial charge in [0.2, 0.25) is 0 Å². The Labute approximate surface area is 86.6 Å². The van der Waals surface area contributed by atoms with E-state index in [-0.39, 0.29) is 0 Å². The van der Waals surface area contributed by atoms with Crippen LogP contribution in [0, 0.1) is 0 Å². The number of hydrogen-bond acceptors (Lipinski definition) is 3. The van der Waals surface area contributed by atoms with Crippen LogP contribution in [0.2, 0.25) is 0 Å². The van der Waals surface area contributed by atoms with Crippen LogP contribution in [-0.4, -0.2) is 17.2 Å². The Morgan fingerprint density at radius 1 is 1.00 bits per heavy atom. The maximum atomic E-state index is 9.12. The zero-order valence-electron chi connectivity index (χ0n) is 7.42. The van der Waals surface area contributed by atoms with E-state index in [4.69, 9.17) is 10.0 Å². The van der Waals surface area contributed by atoms with Crippen molar-refractivity contribution in [3.63, 3.8) is 0 Å². The van der Waals surface area contributed by atoms with E-state index >= 15 is 0 Å². The third kappa shape index (κ3) is 1.72. The summed E-state index contributed by atoms with van der Waals surface area (Å²) in [4.78, 5) is 0.917. The quantitative estimate of drug-likeness (QED) is 0.719. The highest BCUT2D eigenvalue weighted by Gasteiger charge is 2.17. The summed E-state index contributed by atoms with van der Waals surface area (Å²) in [5.74, 6) is 0. The number of thiophene rings is 1. The third-order valence-electron chi connectivity index (χ3n) is 2.01. The molecule has 4 heteroatoms. The van der Waals surface area contributed by atoms with Crippen LogP contribution in [0.3, 0.4) is 0 Å². The SMILES string of the molecule is OB(O)c1ccsc1-c1ccccc1. The second-order valence-corrected chi connectivity index (χ2v) is 3.86. The minimum atomic E-state index is -1.39. The van der Waals surface area contributed by atoms with E-state index < -0.39 is 7.12 Å². The normalized spacial score (nSPS) is 10.1. The van der Waals surface area contributed by atoms with Crippen molar-refractivity contribution in [2.75, 3.05) is 0 Å². The summed E-state index contributed by atoms with van der Waals surface area (Å²) in [6, 6.07) is 11.4. The zero-order valence-corrected chi connectivity index (χ0v) is 8.24. The minimum Gasteiger partial charge on any atom is -0.423 e. The molecule has 1 aromatic carbocycles. The van der Waals surface area contributed by atoms with Gasteiger partial charge in [0.05, 0.1) is 0 Å². The smallest absolute Gasteiger partial charge is 0.423 e. The topological polar surface area (TPSA) is 40.5 Å². The zero-order chi connectivity index (χ0) is 9.97. The van der Waals surface area contributed by atoms with Gasteiger partial charge in [-0.3, -0.25) is 0 Å². The molecule has 0 aliphatic carbocycles. The fourth-order valence-corrected chi connectivity index (χ4v) is 2.28. The van der Waals surface area contributed by atoms with Crippen LogP contribution in [0.4, 0.5) is 0 Å². The Bertz CT molecular complexity index is 411. The first-order valence-electron chi connectivity index (χ1n) is 4.28. The highest BCUT2D eigenvalue weighted by Crippen LogP contribution is 2.22. The van der Waals surface area contributed by atoms with Gasteiger partial charge in [-0.25, -0.2) is 0 Å². The molecule has 0 saturated carbocycles. The van der Waals surface area contributed by atoms with Crippen molar-refractivity contribution in [2.45, 2.75) is 0 Å². The highest BCUT2D eigenvalue weighted by atomic mass is 32.1. The number of rotatable bonds is 2. The lowest BCUT2D eigenvalue weighted by Gasteiger charge is -2.01. The predicted octanol–water partition coefficient (Wildman–Crippen LogP) is 1.09. The van der Waals surface area contributed by atoms with Gasteiger partial charge in [0.15, 0.2) is 0 Å². The summed E-state index contributed by atoms with van der Waals surface area (Å²) in [6.07, 6.45) is 0. The standard InChI is InChI=1S/C10H9BO2S/c12-11(13)9-6-7-14-10(9)8-4-2-1-3-5-8/h1-7,12-13H. The van der Waals surface area contributed by atoms with E-state index in [1.54, 1.807) is 6.07 Å². The molecule has 0 aliphatic rings. The number of hydrogen-bond donors (Lipinski definition) is 2. The lowest BCUT2D eigenvalue weighted by atomic mass is 9.79.